The highest BCUT2D eigenvalue weighted by molar-refractivity contribution is 9.10. The third-order valence-electron chi connectivity index (χ3n) is 2.37. The molecule has 5 heteroatoms. The Labute approximate surface area is 107 Å². The predicted octanol–water partition coefficient (Wildman–Crippen LogP) is 3.90. The number of hydrogen-bond donors (Lipinski definition) is 1. The molecule has 0 radical (unpaired) electrons. The Hall–Kier alpha value is -1.00. The first-order valence-corrected chi connectivity index (χ1v) is 6.00. The maximum Gasteiger partial charge on any atom is 0.225 e. The number of nitrogen functional groups attached to an aromatic ring is 1. The maximum absolute atomic E-state index is 6.03. The molecule has 3 nitrogen and oxygen atoms in total. The lowest BCUT2D eigenvalue weighted by Gasteiger charge is -2.01. The van der Waals surface area contributed by atoms with Gasteiger partial charge in [-0.2, -0.15) is 0 Å². The van der Waals surface area contributed by atoms with Gasteiger partial charge < -0.3 is 10.3 Å². The molecule has 2 N–H and O–H groups in total. The average molecular weight is 302 g/mol. The van der Waals surface area contributed by atoms with Crippen molar-refractivity contribution in [3.8, 4) is 11.3 Å². The van der Waals surface area contributed by atoms with Crippen LogP contribution in [0.15, 0.2) is 27.2 Å². The van der Waals surface area contributed by atoms with Crippen LogP contribution >= 0.6 is 27.5 Å². The molecule has 0 aliphatic heterocycles. The largest absolute Gasteiger partial charge is 0.367 e. The SMILES string of the molecule is CCc1c(-c2ccc(Br)c(Cl)c2)noc1N. The summed E-state index contributed by atoms with van der Waals surface area (Å²) in [5.74, 6) is 0.372. The van der Waals surface area contributed by atoms with E-state index in [9.17, 15) is 0 Å². The molecular weight excluding hydrogens is 291 g/mol. The minimum atomic E-state index is 0.372. The van der Waals surface area contributed by atoms with E-state index in [1.807, 2.05) is 25.1 Å². The summed E-state index contributed by atoms with van der Waals surface area (Å²) in [6.45, 7) is 2.01. The lowest BCUT2D eigenvalue weighted by molar-refractivity contribution is 0.438. The van der Waals surface area contributed by atoms with E-state index in [0.29, 0.717) is 10.9 Å². The standard InChI is InChI=1S/C11H10BrClN2O/c1-2-7-10(15-16-11(7)14)6-3-4-8(12)9(13)5-6/h3-5H,2,14H2,1H3. The van der Waals surface area contributed by atoms with Gasteiger partial charge in [0.15, 0.2) is 0 Å². The highest BCUT2D eigenvalue weighted by atomic mass is 79.9. The number of nitrogens with two attached hydrogens (primary N) is 1. The molecule has 0 spiro atoms. The molecule has 0 fully saturated rings. The van der Waals surface area contributed by atoms with Crippen LogP contribution in [-0.2, 0) is 6.42 Å². The van der Waals surface area contributed by atoms with Gasteiger partial charge in [0.05, 0.1) is 5.02 Å². The van der Waals surface area contributed by atoms with Gasteiger partial charge in [0.25, 0.3) is 0 Å². The van der Waals surface area contributed by atoms with E-state index < -0.39 is 0 Å². The molecule has 1 aromatic carbocycles. The quantitative estimate of drug-likeness (QED) is 0.915. The number of benzene rings is 1. The molecule has 0 aliphatic carbocycles. The third-order valence-corrected chi connectivity index (χ3v) is 3.60. The molecule has 0 amide bonds. The van der Waals surface area contributed by atoms with E-state index in [4.69, 9.17) is 21.9 Å². The summed E-state index contributed by atoms with van der Waals surface area (Å²) in [6, 6.07) is 5.64. The zero-order chi connectivity index (χ0) is 11.7. The number of aromatic nitrogens is 1. The zero-order valence-electron chi connectivity index (χ0n) is 8.63. The van der Waals surface area contributed by atoms with Crippen molar-refractivity contribution in [1.29, 1.82) is 0 Å². The van der Waals surface area contributed by atoms with E-state index in [1.54, 1.807) is 0 Å². The van der Waals surface area contributed by atoms with Crippen molar-refractivity contribution in [1.82, 2.24) is 5.16 Å². The number of nitrogens with zero attached hydrogens (tertiary/aromatic N) is 1. The minimum Gasteiger partial charge on any atom is -0.367 e. The van der Waals surface area contributed by atoms with Gasteiger partial charge in [-0.15, -0.1) is 0 Å². The second kappa shape index (κ2) is 4.47. The Morgan fingerprint density at radius 1 is 1.50 bits per heavy atom. The summed E-state index contributed by atoms with van der Waals surface area (Å²) in [5, 5.41) is 4.59. The van der Waals surface area contributed by atoms with E-state index in [1.165, 1.54) is 0 Å². The van der Waals surface area contributed by atoms with Gasteiger partial charge in [-0.05, 0) is 34.5 Å². The minimum absolute atomic E-state index is 0.372. The highest BCUT2D eigenvalue weighted by Gasteiger charge is 2.14. The van der Waals surface area contributed by atoms with Crippen LogP contribution in [0.5, 0.6) is 0 Å². The fraction of sp³-hybridized carbons (Fsp3) is 0.182. The molecule has 2 aromatic rings. The topological polar surface area (TPSA) is 52.0 Å². The molecule has 0 saturated carbocycles. The van der Waals surface area contributed by atoms with Gasteiger partial charge in [0, 0.05) is 15.6 Å². The molecule has 0 unspecified atom stereocenters. The van der Waals surface area contributed by atoms with Crippen molar-refractivity contribution < 1.29 is 4.52 Å². The van der Waals surface area contributed by atoms with Crippen LogP contribution in [-0.4, -0.2) is 5.16 Å². The Balaban J connectivity index is 2.54. The summed E-state index contributed by atoms with van der Waals surface area (Å²) in [4.78, 5) is 0. The average Bonchev–Trinajstić information content (AvgIpc) is 2.63. The molecule has 0 saturated heterocycles. The van der Waals surface area contributed by atoms with Crippen LogP contribution in [0.25, 0.3) is 11.3 Å². The van der Waals surface area contributed by atoms with Gasteiger partial charge in [-0.1, -0.05) is 29.7 Å². The number of halogens is 2. The lowest BCUT2D eigenvalue weighted by atomic mass is 10.1. The van der Waals surface area contributed by atoms with Crippen molar-refractivity contribution in [2.75, 3.05) is 5.73 Å². The molecular formula is C11H10BrClN2O. The Morgan fingerprint density at radius 3 is 2.88 bits per heavy atom. The van der Waals surface area contributed by atoms with Crippen molar-refractivity contribution in [2.45, 2.75) is 13.3 Å². The van der Waals surface area contributed by atoms with Crippen molar-refractivity contribution in [3.63, 3.8) is 0 Å². The fourth-order valence-corrected chi connectivity index (χ4v) is 1.96. The summed E-state index contributed by atoms with van der Waals surface area (Å²) in [7, 11) is 0. The lowest BCUT2D eigenvalue weighted by Crippen LogP contribution is -1.90. The molecule has 2 rings (SSSR count). The van der Waals surface area contributed by atoms with Crippen LogP contribution in [0.2, 0.25) is 5.02 Å². The highest BCUT2D eigenvalue weighted by Crippen LogP contribution is 2.32. The number of rotatable bonds is 2. The molecule has 1 aromatic heterocycles. The van der Waals surface area contributed by atoms with Gasteiger partial charge in [0.2, 0.25) is 5.88 Å². The van der Waals surface area contributed by atoms with Crippen molar-refractivity contribution in [2.24, 2.45) is 0 Å². The first-order chi connectivity index (χ1) is 7.63. The van der Waals surface area contributed by atoms with E-state index in [2.05, 4.69) is 21.1 Å². The molecule has 0 atom stereocenters. The van der Waals surface area contributed by atoms with Gasteiger partial charge >= 0.3 is 0 Å². The summed E-state index contributed by atoms with van der Waals surface area (Å²) < 4.78 is 5.84. The zero-order valence-corrected chi connectivity index (χ0v) is 11.0. The monoisotopic (exact) mass is 300 g/mol. The first-order valence-electron chi connectivity index (χ1n) is 4.83. The first kappa shape index (κ1) is 11.5. The van der Waals surface area contributed by atoms with Crippen LogP contribution in [0.3, 0.4) is 0 Å². The van der Waals surface area contributed by atoms with Crippen LogP contribution < -0.4 is 5.73 Å². The smallest absolute Gasteiger partial charge is 0.225 e. The van der Waals surface area contributed by atoms with Gasteiger partial charge in [0.1, 0.15) is 5.69 Å². The Kier molecular flexibility index (Phi) is 3.21. The van der Waals surface area contributed by atoms with Crippen molar-refractivity contribution in [3.05, 3.63) is 33.3 Å². The van der Waals surface area contributed by atoms with Crippen molar-refractivity contribution >= 4 is 33.4 Å². The van der Waals surface area contributed by atoms with Crippen LogP contribution in [0.1, 0.15) is 12.5 Å². The Morgan fingerprint density at radius 2 is 2.25 bits per heavy atom. The van der Waals surface area contributed by atoms with Crippen LogP contribution in [0.4, 0.5) is 5.88 Å². The third kappa shape index (κ3) is 1.95. The summed E-state index contributed by atoms with van der Waals surface area (Å²) in [5.41, 5.74) is 8.27. The van der Waals surface area contributed by atoms with E-state index in [0.717, 1.165) is 27.7 Å². The van der Waals surface area contributed by atoms with E-state index in [-0.39, 0.29) is 0 Å². The summed E-state index contributed by atoms with van der Waals surface area (Å²) in [6.07, 6.45) is 0.776. The molecule has 84 valence electrons. The van der Waals surface area contributed by atoms with E-state index >= 15 is 0 Å². The summed E-state index contributed by atoms with van der Waals surface area (Å²) >= 11 is 9.37. The normalized spacial score (nSPS) is 10.7. The second-order valence-corrected chi connectivity index (χ2v) is 4.62. The molecule has 16 heavy (non-hydrogen) atoms. The number of hydrogen-bond acceptors (Lipinski definition) is 3. The van der Waals surface area contributed by atoms with Crippen LogP contribution in [0, 0.1) is 0 Å². The molecule has 0 aliphatic rings. The molecule has 1 heterocycles. The van der Waals surface area contributed by atoms with Gasteiger partial charge in [-0.3, -0.25) is 0 Å². The predicted molar refractivity (Wildman–Crippen MR) is 68.4 cm³/mol. The maximum atomic E-state index is 6.03. The Bertz CT molecular complexity index is 525. The fourth-order valence-electron chi connectivity index (χ4n) is 1.53. The molecule has 0 bridgehead atoms. The second-order valence-electron chi connectivity index (χ2n) is 3.36. The number of anilines is 1. The van der Waals surface area contributed by atoms with Gasteiger partial charge in [-0.25, -0.2) is 0 Å².